The van der Waals surface area contributed by atoms with Crippen molar-refractivity contribution in [3.05, 3.63) is 587 Å². The van der Waals surface area contributed by atoms with Crippen molar-refractivity contribution in [3.63, 3.8) is 0 Å². The van der Waals surface area contributed by atoms with Crippen molar-refractivity contribution in [2.75, 3.05) is 0 Å². The SMILES string of the molecule is CC(C)Cc1ccc(-c2cc[c-]c(-c3ccccn3)c2)cc1.CC(C)Cc1cccc(-c2[c-]cccc2)n1.Cc1cc(C)nc(-c2[c-]cccc2)c1.Cc1cccc(-c2[c-]ccc(-c3ccccc3)c2)n1.Cc1cccc(-c2[c-]cccc2)n1.[Ir+3].[Ir].[Ir].[Ir].[c-]1ccc(-c2ccccc2)cc1-c1ccccn1.[c-]1ccc(-c2ccccc2)cc1-c1ccccn1.[c-]1ccccc1-c1ccccn1.[c-]1ccccc1-c1ccccn1. The quantitative estimate of drug-likeness (QED) is 0.0822. The zero-order valence-electron chi connectivity index (χ0n) is 83.8. The van der Waals surface area contributed by atoms with Crippen LogP contribution in [0.5, 0.6) is 0 Å². The Morgan fingerprint density at radius 3 is 0.743 bits per heavy atom. The van der Waals surface area contributed by atoms with Gasteiger partial charge < -0.3 is 44.9 Å². The maximum Gasteiger partial charge on any atom is 3.00 e. The Hall–Kier alpha value is -15.2. The average molecular weight is 2630 g/mol. The summed E-state index contributed by atoms with van der Waals surface area (Å²) < 4.78 is 0. The Morgan fingerprint density at radius 2 is 0.446 bits per heavy atom. The fourth-order valence-electron chi connectivity index (χ4n) is 15.3. The van der Waals surface area contributed by atoms with Gasteiger partial charge in [0, 0.05) is 114 Å². The second kappa shape index (κ2) is 63.3. The smallest absolute Gasteiger partial charge is 0.305 e. The topological polar surface area (TPSA) is 116 Å². The van der Waals surface area contributed by atoms with Gasteiger partial charge in [0.1, 0.15) is 0 Å². The Bertz CT molecular complexity index is 7080. The number of nitrogens with zero attached hydrogens (tertiary/aromatic N) is 9. The van der Waals surface area contributed by atoms with Gasteiger partial charge in [-0.25, -0.2) is 0 Å². The minimum absolute atomic E-state index is 0. The second-order valence-electron chi connectivity index (χ2n) is 34.4. The fraction of sp³-hybridized carbons (Fsp3) is 0.0889. The molecule has 22 rings (SSSR count). The zero-order chi connectivity index (χ0) is 99.8. The van der Waals surface area contributed by atoms with Gasteiger partial charge >= 0.3 is 20.1 Å². The van der Waals surface area contributed by atoms with E-state index in [4.69, 9.17) is 0 Å². The molecule has 0 aliphatic rings. The van der Waals surface area contributed by atoms with Crippen LogP contribution in [-0.4, -0.2) is 44.9 Å². The Morgan fingerprint density at radius 1 is 0.189 bits per heavy atom. The molecule has 0 saturated heterocycles. The molecule has 148 heavy (non-hydrogen) atoms. The molecule has 0 bridgehead atoms. The van der Waals surface area contributed by atoms with E-state index < -0.39 is 0 Å². The predicted octanol–water partition coefficient (Wildman–Crippen LogP) is 33.2. The van der Waals surface area contributed by atoms with Gasteiger partial charge in [-0.15, -0.1) is 321 Å². The van der Waals surface area contributed by atoms with Crippen molar-refractivity contribution in [1.29, 1.82) is 0 Å². The van der Waals surface area contributed by atoms with Gasteiger partial charge in [-0.3, -0.25) is 0 Å². The molecule has 0 amide bonds. The monoisotopic (exact) mass is 2630 g/mol. The van der Waals surface area contributed by atoms with Crippen LogP contribution >= 0.6 is 0 Å². The summed E-state index contributed by atoms with van der Waals surface area (Å²) in [6.45, 7) is 17.0. The van der Waals surface area contributed by atoms with E-state index in [9.17, 15) is 0 Å². The van der Waals surface area contributed by atoms with Crippen LogP contribution in [0, 0.1) is 94.1 Å². The Labute approximate surface area is 929 Å². The first-order chi connectivity index (χ1) is 70.7. The van der Waals surface area contributed by atoms with E-state index in [1.165, 1.54) is 55.6 Å². The summed E-state index contributed by atoms with van der Waals surface area (Å²) >= 11 is 0. The minimum atomic E-state index is 0. The first kappa shape index (κ1) is 115. The maximum absolute atomic E-state index is 4.65. The van der Waals surface area contributed by atoms with Crippen LogP contribution < -0.4 is 0 Å². The first-order valence-corrected chi connectivity index (χ1v) is 48.3. The summed E-state index contributed by atoms with van der Waals surface area (Å²) in [5.74, 6) is 1.33. The third-order valence-corrected chi connectivity index (χ3v) is 22.1. The van der Waals surface area contributed by atoms with Gasteiger partial charge in [0.2, 0.25) is 0 Å². The van der Waals surface area contributed by atoms with E-state index in [-0.39, 0.29) is 80.4 Å². The van der Waals surface area contributed by atoms with E-state index in [0.717, 1.165) is 137 Å². The zero-order valence-corrected chi connectivity index (χ0v) is 93.4. The molecule has 0 N–H and O–H groups in total. The van der Waals surface area contributed by atoms with E-state index >= 15 is 0 Å². The molecule has 0 aliphatic heterocycles. The molecule has 0 aliphatic carbocycles. The molecule has 9 aromatic heterocycles. The molecule has 13 aromatic carbocycles. The van der Waals surface area contributed by atoms with Crippen LogP contribution in [0.1, 0.15) is 61.6 Å². The minimum Gasteiger partial charge on any atom is -0.305 e. The van der Waals surface area contributed by atoms with Crippen LogP contribution in [0.25, 0.3) is 146 Å². The average Bonchev–Trinajstić information content (AvgIpc) is 0.840. The number of hydrogen-bond acceptors (Lipinski definition) is 9. The largest absolute Gasteiger partial charge is 3.00 e. The normalized spacial score (nSPS) is 9.99. The van der Waals surface area contributed by atoms with Gasteiger partial charge in [-0.2, -0.15) is 0 Å². The van der Waals surface area contributed by atoms with Crippen LogP contribution in [0.4, 0.5) is 0 Å². The van der Waals surface area contributed by atoms with Crippen molar-refractivity contribution in [1.82, 2.24) is 44.9 Å². The maximum atomic E-state index is 4.65. The predicted molar refractivity (Wildman–Crippen MR) is 594 cm³/mol. The summed E-state index contributed by atoms with van der Waals surface area (Å²) in [6, 6.07) is 185. The summed E-state index contributed by atoms with van der Waals surface area (Å²) in [6.07, 6.45) is 11.2. The molecule has 0 unspecified atom stereocenters. The molecule has 0 fully saturated rings. The molecule has 3 radical (unpaired) electrons. The van der Waals surface area contributed by atoms with E-state index in [1.54, 1.807) is 24.8 Å². The molecular weight excluding hydrogens is 2520 g/mol. The third-order valence-electron chi connectivity index (χ3n) is 22.1. The van der Waals surface area contributed by atoms with E-state index in [0.29, 0.717) is 11.8 Å². The van der Waals surface area contributed by atoms with Crippen molar-refractivity contribution < 1.29 is 80.4 Å². The van der Waals surface area contributed by atoms with Crippen molar-refractivity contribution >= 4 is 0 Å². The second-order valence-corrected chi connectivity index (χ2v) is 34.4. The Kier molecular flexibility index (Phi) is 49.0. The standard InChI is InChI=1S/C21H20N.C18H14N.2C17H12N.C15H16N.C13H12N.C12H10N.2C11H8N.4Ir/c1-16(2)14-17-9-11-18(12-10-17)19-6-5-7-20(15-19)21-8-3-4-13-22-21;1-14-7-5-12-18(19-14)17-11-6-10-16(13-17)15-8-3-2-4-9-15;2*1-2-7-14(8-3-1)15-9-6-10-16(13-15)17-11-4-5-12-18-17;1-12(2)11-14-9-6-10-15(16-14)13-7-4-3-5-8-13;1-10-8-11(2)14-13(9-10)12-6-4-3-5-7-12;1-10-6-5-9-12(13-10)11-7-3-2-4-8-11;2*1-2-6-10(7-3-1)11-8-4-5-9-12-11;;;;/h3-6,8-13,15-16H,14H2,1-2H3;2-10,12-13H,1H3;2*1-9,11-13H;3-7,9-10,12H,11H2,1-2H3;3-6,8-9H,1-2H3;2-7,9H,1H3;2*1-6,8-9H;;;;/q9*-1;;;;+3. The molecular formula is C135H112Ir4N9-6. The van der Waals surface area contributed by atoms with Gasteiger partial charge in [-0.1, -0.05) is 252 Å². The van der Waals surface area contributed by atoms with Crippen molar-refractivity contribution in [2.45, 2.75) is 68.2 Å². The summed E-state index contributed by atoms with van der Waals surface area (Å²) in [5, 5.41) is 0. The number of aromatic nitrogens is 9. The molecule has 9 heterocycles. The van der Waals surface area contributed by atoms with Gasteiger partial charge in [0.05, 0.1) is 0 Å². The van der Waals surface area contributed by atoms with Crippen molar-refractivity contribution in [2.24, 2.45) is 11.8 Å². The molecule has 0 saturated carbocycles. The molecule has 13 heteroatoms. The van der Waals surface area contributed by atoms with Crippen LogP contribution in [-0.2, 0) is 93.3 Å². The number of aryl methyl sites for hydroxylation is 4. The summed E-state index contributed by atoms with van der Waals surface area (Å²) in [5.41, 5.74) is 34.7. The number of benzene rings is 13. The summed E-state index contributed by atoms with van der Waals surface area (Å²) in [4.78, 5) is 39.6. The number of pyridine rings is 9. The molecule has 739 valence electrons. The van der Waals surface area contributed by atoms with Gasteiger partial charge in [-0.05, 0) is 186 Å². The van der Waals surface area contributed by atoms with Crippen molar-refractivity contribution in [3.8, 4) is 146 Å². The third kappa shape index (κ3) is 38.0. The number of rotatable bonds is 17. The molecule has 9 nitrogen and oxygen atoms in total. The first-order valence-electron chi connectivity index (χ1n) is 48.3. The van der Waals surface area contributed by atoms with Crippen LogP contribution in [0.3, 0.4) is 0 Å². The van der Waals surface area contributed by atoms with Crippen LogP contribution in [0.2, 0.25) is 0 Å². The molecule has 0 atom stereocenters. The molecule has 22 aromatic rings. The van der Waals surface area contributed by atoms with Gasteiger partial charge in [0.25, 0.3) is 0 Å². The van der Waals surface area contributed by atoms with Crippen LogP contribution in [0.15, 0.2) is 498 Å². The van der Waals surface area contributed by atoms with E-state index in [1.807, 2.05) is 348 Å². The molecule has 0 spiro atoms. The summed E-state index contributed by atoms with van der Waals surface area (Å²) in [7, 11) is 0. The van der Waals surface area contributed by atoms with Gasteiger partial charge in [0.15, 0.2) is 0 Å². The Balaban J connectivity index is 0.000000171. The number of hydrogen-bond donors (Lipinski definition) is 0. The van der Waals surface area contributed by atoms with E-state index in [2.05, 4.69) is 280 Å². The fourth-order valence-corrected chi connectivity index (χ4v) is 15.3.